The molecule has 2 aliphatic rings. The normalized spacial score (nSPS) is 28.3. The summed E-state index contributed by atoms with van der Waals surface area (Å²) in [6.45, 7) is 0.979. The van der Waals surface area contributed by atoms with Crippen molar-refractivity contribution in [3.63, 3.8) is 0 Å². The van der Waals surface area contributed by atoms with E-state index in [0.29, 0.717) is 17.9 Å². The van der Waals surface area contributed by atoms with E-state index in [2.05, 4.69) is 27.4 Å². The van der Waals surface area contributed by atoms with Crippen LogP contribution in [0.2, 0.25) is 0 Å². The van der Waals surface area contributed by atoms with Crippen LogP contribution in [0.4, 0.5) is 5.95 Å². The lowest BCUT2D eigenvalue weighted by molar-refractivity contribution is 0.377. The van der Waals surface area contributed by atoms with Crippen molar-refractivity contribution in [2.75, 3.05) is 12.3 Å². The molecule has 15 heavy (non-hydrogen) atoms. The van der Waals surface area contributed by atoms with Crippen molar-refractivity contribution in [2.24, 2.45) is 5.92 Å². The van der Waals surface area contributed by atoms with Crippen LogP contribution in [0.5, 0.6) is 0 Å². The van der Waals surface area contributed by atoms with Gasteiger partial charge in [-0.1, -0.05) is 12.2 Å². The molecule has 1 aliphatic carbocycles. The Hall–Kier alpha value is -1.42. The van der Waals surface area contributed by atoms with Crippen molar-refractivity contribution >= 4 is 5.95 Å². The second-order valence-corrected chi connectivity index (χ2v) is 4.22. The van der Waals surface area contributed by atoms with Gasteiger partial charge in [0.15, 0.2) is 0 Å². The van der Waals surface area contributed by atoms with Gasteiger partial charge in [-0.3, -0.25) is 0 Å². The van der Waals surface area contributed by atoms with E-state index in [-0.39, 0.29) is 0 Å². The van der Waals surface area contributed by atoms with E-state index in [0.717, 1.165) is 25.1 Å². The summed E-state index contributed by atoms with van der Waals surface area (Å²) in [5.74, 6) is 0.959. The van der Waals surface area contributed by atoms with E-state index in [1.165, 1.54) is 5.56 Å². The van der Waals surface area contributed by atoms with E-state index in [1.807, 2.05) is 6.20 Å². The lowest BCUT2D eigenvalue weighted by Crippen LogP contribution is -2.44. The van der Waals surface area contributed by atoms with Crippen LogP contribution in [0.25, 0.3) is 0 Å². The summed E-state index contributed by atoms with van der Waals surface area (Å²) in [4.78, 5) is 8.36. The minimum absolute atomic E-state index is 0.389. The number of nitrogens with one attached hydrogen (secondary N) is 1. The number of nitrogens with two attached hydrogens (primary N) is 1. The van der Waals surface area contributed by atoms with Gasteiger partial charge in [-0.05, 0) is 24.3 Å². The fourth-order valence-corrected chi connectivity index (χ4v) is 2.45. The average Bonchev–Trinajstić information content (AvgIpc) is 2.26. The van der Waals surface area contributed by atoms with Crippen molar-refractivity contribution < 1.29 is 0 Å². The average molecular weight is 202 g/mol. The zero-order chi connectivity index (χ0) is 10.3. The van der Waals surface area contributed by atoms with Crippen LogP contribution in [0, 0.1) is 5.92 Å². The van der Waals surface area contributed by atoms with Crippen LogP contribution in [0.15, 0.2) is 18.3 Å². The number of aromatic nitrogens is 2. The largest absolute Gasteiger partial charge is 0.368 e. The molecule has 78 valence electrons. The molecule has 0 fully saturated rings. The van der Waals surface area contributed by atoms with Gasteiger partial charge in [-0.2, -0.15) is 0 Å². The van der Waals surface area contributed by atoms with Gasteiger partial charge in [0.2, 0.25) is 5.95 Å². The number of rotatable bonds is 0. The second-order valence-electron chi connectivity index (χ2n) is 4.22. The maximum Gasteiger partial charge on any atom is 0.220 e. The number of hydrogen-bond acceptors (Lipinski definition) is 4. The molecule has 2 unspecified atom stereocenters. The molecule has 2 atom stereocenters. The monoisotopic (exact) mass is 202 g/mol. The Balaban J connectivity index is 1.97. The number of nitrogen functional groups attached to an aromatic ring is 1. The lowest BCUT2D eigenvalue weighted by Gasteiger charge is -2.33. The molecule has 1 aromatic heterocycles. The minimum atomic E-state index is 0.389. The molecule has 1 aromatic rings. The quantitative estimate of drug-likeness (QED) is 0.594. The zero-order valence-corrected chi connectivity index (χ0v) is 8.48. The van der Waals surface area contributed by atoms with Gasteiger partial charge < -0.3 is 11.1 Å². The van der Waals surface area contributed by atoms with Gasteiger partial charge >= 0.3 is 0 Å². The molecular weight excluding hydrogens is 188 g/mol. The van der Waals surface area contributed by atoms with Crippen molar-refractivity contribution in [2.45, 2.75) is 18.9 Å². The molecule has 0 spiro atoms. The van der Waals surface area contributed by atoms with Crippen LogP contribution < -0.4 is 11.1 Å². The first-order valence-corrected chi connectivity index (χ1v) is 5.33. The van der Waals surface area contributed by atoms with Crippen molar-refractivity contribution in [3.05, 3.63) is 29.6 Å². The highest BCUT2D eigenvalue weighted by Gasteiger charge is 2.28. The Morgan fingerprint density at radius 2 is 2.33 bits per heavy atom. The number of nitrogens with zero attached hydrogens (tertiary/aromatic N) is 2. The van der Waals surface area contributed by atoms with Crippen molar-refractivity contribution in [1.29, 1.82) is 0 Å². The molecule has 4 nitrogen and oxygen atoms in total. The summed E-state index contributed by atoms with van der Waals surface area (Å²) >= 11 is 0. The molecule has 3 rings (SSSR count). The Bertz CT molecular complexity index is 413. The topological polar surface area (TPSA) is 63.8 Å². The first-order chi connectivity index (χ1) is 7.33. The zero-order valence-electron chi connectivity index (χ0n) is 8.48. The van der Waals surface area contributed by atoms with Crippen molar-refractivity contribution in [1.82, 2.24) is 15.3 Å². The van der Waals surface area contributed by atoms with Crippen LogP contribution in [-0.2, 0) is 12.8 Å². The molecule has 0 radical (unpaired) electrons. The van der Waals surface area contributed by atoms with Crippen LogP contribution in [0.3, 0.4) is 0 Å². The predicted molar refractivity (Wildman–Crippen MR) is 58.3 cm³/mol. The van der Waals surface area contributed by atoms with Gasteiger partial charge in [0.05, 0.1) is 0 Å². The smallest absolute Gasteiger partial charge is 0.220 e. The van der Waals surface area contributed by atoms with E-state index in [1.54, 1.807) is 0 Å². The van der Waals surface area contributed by atoms with Gasteiger partial charge in [0, 0.05) is 24.5 Å². The highest BCUT2D eigenvalue weighted by molar-refractivity contribution is 5.30. The standard InChI is InChI=1S/C11H14N4/c12-11-14-6-8-5-9-7(2-1-3-13-9)4-10(8)15-11/h1-2,6-7,9,13H,3-5H2,(H2,12,14,15). The molecule has 3 N–H and O–H groups in total. The maximum absolute atomic E-state index is 5.59. The summed E-state index contributed by atoms with van der Waals surface area (Å²) in [6.07, 6.45) is 8.35. The molecule has 4 heteroatoms. The Labute approximate surface area is 88.6 Å². The second kappa shape index (κ2) is 3.31. The first kappa shape index (κ1) is 8.85. The highest BCUT2D eigenvalue weighted by atomic mass is 15.0. The fraction of sp³-hybridized carbons (Fsp3) is 0.455. The third kappa shape index (κ3) is 1.51. The Morgan fingerprint density at radius 3 is 3.27 bits per heavy atom. The molecular formula is C11H14N4. The third-order valence-electron chi connectivity index (χ3n) is 3.24. The highest BCUT2D eigenvalue weighted by Crippen LogP contribution is 2.26. The fourth-order valence-electron chi connectivity index (χ4n) is 2.45. The van der Waals surface area contributed by atoms with Gasteiger partial charge in [-0.15, -0.1) is 0 Å². The van der Waals surface area contributed by atoms with E-state index in [9.17, 15) is 0 Å². The van der Waals surface area contributed by atoms with Crippen LogP contribution >= 0.6 is 0 Å². The van der Waals surface area contributed by atoms with Gasteiger partial charge in [0.25, 0.3) is 0 Å². The molecule has 0 amide bonds. The lowest BCUT2D eigenvalue weighted by atomic mass is 9.81. The summed E-state index contributed by atoms with van der Waals surface area (Å²) < 4.78 is 0. The Kier molecular flexibility index (Phi) is 1.95. The van der Waals surface area contributed by atoms with E-state index >= 15 is 0 Å². The summed E-state index contributed by atoms with van der Waals surface area (Å²) in [7, 11) is 0. The SMILES string of the molecule is Nc1ncc2c(n1)CC1C=CCNC1C2. The first-order valence-electron chi connectivity index (χ1n) is 5.33. The third-order valence-corrected chi connectivity index (χ3v) is 3.24. The summed E-state index contributed by atoms with van der Waals surface area (Å²) in [5.41, 5.74) is 7.96. The Morgan fingerprint density at radius 1 is 1.40 bits per heavy atom. The predicted octanol–water partition coefficient (Wildman–Crippen LogP) is 0.302. The number of anilines is 1. The maximum atomic E-state index is 5.59. The molecule has 0 aromatic carbocycles. The van der Waals surface area contributed by atoms with Crippen molar-refractivity contribution in [3.8, 4) is 0 Å². The molecule has 2 heterocycles. The van der Waals surface area contributed by atoms with Crippen LogP contribution in [-0.4, -0.2) is 22.6 Å². The minimum Gasteiger partial charge on any atom is -0.368 e. The van der Waals surface area contributed by atoms with Crippen LogP contribution in [0.1, 0.15) is 11.3 Å². The molecule has 0 saturated carbocycles. The molecule has 1 aliphatic heterocycles. The summed E-state index contributed by atoms with van der Waals surface area (Å²) in [5, 5.41) is 3.50. The molecule has 0 saturated heterocycles. The summed E-state index contributed by atoms with van der Waals surface area (Å²) in [6, 6.07) is 0.551. The van der Waals surface area contributed by atoms with E-state index in [4.69, 9.17) is 5.73 Å². The number of fused-ring (bicyclic) bond motifs is 2. The number of hydrogen-bond donors (Lipinski definition) is 2. The van der Waals surface area contributed by atoms with E-state index < -0.39 is 0 Å². The molecule has 0 bridgehead atoms. The van der Waals surface area contributed by atoms with Gasteiger partial charge in [0.1, 0.15) is 0 Å². The van der Waals surface area contributed by atoms with Gasteiger partial charge in [-0.25, -0.2) is 9.97 Å².